The van der Waals surface area contributed by atoms with Gasteiger partial charge in [-0.2, -0.15) is 5.26 Å². The monoisotopic (exact) mass is 331 g/mol. The first kappa shape index (κ1) is 19.4. The van der Waals surface area contributed by atoms with Crippen molar-refractivity contribution in [2.24, 2.45) is 0 Å². The summed E-state index contributed by atoms with van der Waals surface area (Å²) in [5, 5.41) is 19.0. The van der Waals surface area contributed by atoms with Crippen LogP contribution in [-0.2, 0) is 6.42 Å². The molecule has 0 saturated heterocycles. The first-order valence-corrected chi connectivity index (χ1v) is 5.94. The number of likely N-dealkylation sites (N-methyl/N-ethyl adjacent to an activating group) is 1. The van der Waals surface area contributed by atoms with Gasteiger partial charge in [-0.25, -0.2) is 4.39 Å². The summed E-state index contributed by atoms with van der Waals surface area (Å²) in [5.41, 5.74) is 1.06. The fourth-order valence-corrected chi connectivity index (χ4v) is 1.98. The number of nitrogens with zero attached hydrogens (tertiary/aromatic N) is 3. The summed E-state index contributed by atoms with van der Waals surface area (Å²) in [5.74, 6) is -1.08. The third-order valence-electron chi connectivity index (χ3n) is 3.01. The van der Waals surface area contributed by atoms with Gasteiger partial charge in [0.2, 0.25) is 0 Å². The normalized spacial score (nSPS) is 9.81. The van der Waals surface area contributed by atoms with Gasteiger partial charge in [0.1, 0.15) is 5.52 Å². The highest BCUT2D eigenvalue weighted by molar-refractivity contribution is 5.87. The lowest BCUT2D eigenvalue weighted by Gasteiger charge is -2.14. The molecule has 0 atom stereocenters. The number of aromatic hydroxyl groups is 1. The van der Waals surface area contributed by atoms with Crippen LogP contribution in [0.2, 0.25) is 0 Å². The number of hydrogen-bond donors (Lipinski definition) is 1. The Bertz CT molecular complexity index is 646. The van der Waals surface area contributed by atoms with E-state index in [9.17, 15) is 9.50 Å². The van der Waals surface area contributed by atoms with Crippen molar-refractivity contribution in [3.8, 4) is 11.8 Å². The van der Waals surface area contributed by atoms with Crippen LogP contribution in [0.1, 0.15) is 5.56 Å². The molecular formula is C14H16Cl2FN3O. The average Bonchev–Trinajstić information content (AvgIpc) is 2.42. The fraction of sp³-hybridized carbons (Fsp3) is 0.286. The lowest BCUT2D eigenvalue weighted by molar-refractivity contribution is 0.379. The highest BCUT2D eigenvalue weighted by Gasteiger charge is 2.12. The number of benzene rings is 1. The molecule has 0 aliphatic heterocycles. The molecule has 0 spiro atoms. The van der Waals surface area contributed by atoms with Gasteiger partial charge in [-0.05, 0) is 31.2 Å². The Labute approximate surface area is 135 Å². The van der Waals surface area contributed by atoms with E-state index in [0.717, 1.165) is 10.9 Å². The van der Waals surface area contributed by atoms with E-state index in [-0.39, 0.29) is 30.3 Å². The van der Waals surface area contributed by atoms with Crippen molar-refractivity contribution in [3.63, 3.8) is 0 Å². The molecular weight excluding hydrogens is 316 g/mol. The average molecular weight is 332 g/mol. The SMILES string of the molecule is CN(CC#N)CCc1cc(F)c(O)c2ncccc12.Cl.Cl. The standard InChI is InChI=1S/C14H14FN3O.2ClH/c1-18(8-5-16)7-4-10-9-12(15)14(19)13-11(10)3-2-6-17-13;;/h2-3,6,9,19H,4,7-8H2,1H3;2*1H. The maximum atomic E-state index is 13.6. The van der Waals surface area contributed by atoms with Crippen LogP contribution in [0, 0.1) is 17.1 Å². The van der Waals surface area contributed by atoms with Crippen molar-refractivity contribution in [1.29, 1.82) is 5.26 Å². The lowest BCUT2D eigenvalue weighted by Crippen LogP contribution is -2.21. The topological polar surface area (TPSA) is 60.2 Å². The van der Waals surface area contributed by atoms with E-state index in [1.54, 1.807) is 12.1 Å². The van der Waals surface area contributed by atoms with Gasteiger partial charge in [-0.15, -0.1) is 24.8 Å². The fourth-order valence-electron chi connectivity index (χ4n) is 1.98. The lowest BCUT2D eigenvalue weighted by atomic mass is 10.0. The number of fused-ring (bicyclic) bond motifs is 1. The summed E-state index contributed by atoms with van der Waals surface area (Å²) in [6, 6.07) is 6.95. The molecule has 0 fully saturated rings. The molecule has 0 unspecified atom stereocenters. The maximum absolute atomic E-state index is 13.6. The zero-order valence-corrected chi connectivity index (χ0v) is 13.0. The predicted molar refractivity (Wildman–Crippen MR) is 84.7 cm³/mol. The van der Waals surface area contributed by atoms with Crippen LogP contribution >= 0.6 is 24.8 Å². The minimum Gasteiger partial charge on any atom is -0.503 e. The second kappa shape index (κ2) is 8.63. The zero-order valence-electron chi connectivity index (χ0n) is 11.4. The van der Waals surface area contributed by atoms with E-state index in [1.165, 1.54) is 12.3 Å². The van der Waals surface area contributed by atoms with E-state index < -0.39 is 11.6 Å². The van der Waals surface area contributed by atoms with Gasteiger partial charge >= 0.3 is 0 Å². The van der Waals surface area contributed by atoms with Gasteiger partial charge in [-0.1, -0.05) is 6.07 Å². The molecule has 0 aliphatic carbocycles. The first-order chi connectivity index (χ1) is 9.13. The van der Waals surface area contributed by atoms with Crippen molar-refractivity contribution in [3.05, 3.63) is 35.8 Å². The second-order valence-electron chi connectivity index (χ2n) is 4.41. The van der Waals surface area contributed by atoms with Gasteiger partial charge < -0.3 is 5.11 Å². The molecule has 1 aromatic carbocycles. The molecule has 2 rings (SSSR count). The quantitative estimate of drug-likeness (QED) is 0.875. The summed E-state index contributed by atoms with van der Waals surface area (Å²) in [6.45, 7) is 0.971. The molecule has 114 valence electrons. The number of phenolic OH excluding ortho intramolecular Hbond substituents is 1. The molecule has 0 aliphatic rings. The number of nitriles is 1. The smallest absolute Gasteiger partial charge is 0.178 e. The van der Waals surface area contributed by atoms with Gasteiger partial charge in [-0.3, -0.25) is 9.88 Å². The van der Waals surface area contributed by atoms with Gasteiger partial charge in [0.05, 0.1) is 12.6 Å². The third kappa shape index (κ3) is 4.43. The Morgan fingerprint density at radius 2 is 2.14 bits per heavy atom. The number of aromatic nitrogens is 1. The van der Waals surface area contributed by atoms with Crippen LogP contribution in [0.15, 0.2) is 24.4 Å². The number of rotatable bonds is 4. The van der Waals surface area contributed by atoms with Crippen LogP contribution in [0.25, 0.3) is 10.9 Å². The Morgan fingerprint density at radius 1 is 1.43 bits per heavy atom. The molecule has 0 radical (unpaired) electrons. The van der Waals surface area contributed by atoms with Crippen molar-refractivity contribution in [2.75, 3.05) is 20.1 Å². The van der Waals surface area contributed by atoms with Crippen LogP contribution in [-0.4, -0.2) is 35.1 Å². The molecule has 21 heavy (non-hydrogen) atoms. The van der Waals surface area contributed by atoms with Crippen molar-refractivity contribution >= 4 is 35.7 Å². The Kier molecular flexibility index (Phi) is 7.97. The van der Waals surface area contributed by atoms with Gasteiger partial charge in [0.15, 0.2) is 11.6 Å². The molecule has 2 aromatic rings. The molecule has 1 aromatic heterocycles. The Hall–Kier alpha value is -1.61. The number of phenols is 1. The van der Waals surface area contributed by atoms with Crippen molar-refractivity contribution < 1.29 is 9.50 Å². The summed E-state index contributed by atoms with van der Waals surface area (Å²) in [6.07, 6.45) is 2.12. The number of hydrogen-bond acceptors (Lipinski definition) is 4. The first-order valence-electron chi connectivity index (χ1n) is 5.94. The van der Waals surface area contributed by atoms with E-state index in [2.05, 4.69) is 11.1 Å². The van der Waals surface area contributed by atoms with Gasteiger partial charge in [0, 0.05) is 18.1 Å². The predicted octanol–water partition coefficient (Wildman–Crippen LogP) is 2.92. The summed E-state index contributed by atoms with van der Waals surface area (Å²) in [4.78, 5) is 5.86. The minimum absolute atomic E-state index is 0. The van der Waals surface area contributed by atoms with E-state index in [0.29, 0.717) is 19.5 Å². The molecule has 0 saturated carbocycles. The number of halogens is 3. The highest BCUT2D eigenvalue weighted by atomic mass is 35.5. The molecule has 1 N–H and O–H groups in total. The van der Waals surface area contributed by atoms with Crippen LogP contribution in [0.3, 0.4) is 0 Å². The summed E-state index contributed by atoms with van der Waals surface area (Å²) in [7, 11) is 1.83. The van der Waals surface area contributed by atoms with Crippen molar-refractivity contribution in [1.82, 2.24) is 9.88 Å². The number of pyridine rings is 1. The van der Waals surface area contributed by atoms with Crippen molar-refractivity contribution in [2.45, 2.75) is 6.42 Å². The minimum atomic E-state index is -0.663. The largest absolute Gasteiger partial charge is 0.503 e. The summed E-state index contributed by atoms with van der Waals surface area (Å²) < 4.78 is 13.6. The van der Waals surface area contributed by atoms with E-state index in [1.807, 2.05) is 11.9 Å². The van der Waals surface area contributed by atoms with E-state index >= 15 is 0 Å². The zero-order chi connectivity index (χ0) is 13.8. The Morgan fingerprint density at radius 3 is 2.81 bits per heavy atom. The molecule has 7 heteroatoms. The van der Waals surface area contributed by atoms with Crippen LogP contribution in [0.4, 0.5) is 4.39 Å². The third-order valence-corrected chi connectivity index (χ3v) is 3.01. The van der Waals surface area contributed by atoms with E-state index in [4.69, 9.17) is 5.26 Å². The molecule has 1 heterocycles. The van der Waals surface area contributed by atoms with Crippen LogP contribution < -0.4 is 0 Å². The highest BCUT2D eigenvalue weighted by Crippen LogP contribution is 2.29. The Balaban J connectivity index is 0.00000200. The molecule has 0 bridgehead atoms. The van der Waals surface area contributed by atoms with Gasteiger partial charge in [0.25, 0.3) is 0 Å². The molecule has 4 nitrogen and oxygen atoms in total. The molecule has 0 amide bonds. The van der Waals surface area contributed by atoms with Crippen LogP contribution in [0.5, 0.6) is 5.75 Å². The summed E-state index contributed by atoms with van der Waals surface area (Å²) >= 11 is 0. The maximum Gasteiger partial charge on any atom is 0.178 e. The second-order valence-corrected chi connectivity index (χ2v) is 4.41.